The van der Waals surface area contributed by atoms with E-state index in [9.17, 15) is 13.9 Å². The monoisotopic (exact) mass is 533 g/mol. The molecule has 0 radical (unpaired) electrons. The molecule has 2 aromatic carbocycles. The van der Waals surface area contributed by atoms with Crippen molar-refractivity contribution < 1.29 is 32.5 Å². The van der Waals surface area contributed by atoms with Gasteiger partial charge in [-0.3, -0.25) is 0 Å². The number of aromatic nitrogens is 2. The molecule has 38 heavy (non-hydrogen) atoms. The predicted molar refractivity (Wildman–Crippen MR) is 139 cm³/mol. The minimum Gasteiger partial charge on any atom is -0.493 e. The van der Waals surface area contributed by atoms with E-state index in [4.69, 9.17) is 14.2 Å². The molecule has 0 aliphatic heterocycles. The summed E-state index contributed by atoms with van der Waals surface area (Å²) in [5.74, 6) is -3.10. The lowest BCUT2D eigenvalue weighted by Gasteiger charge is -2.30. The molecule has 1 aromatic heterocycles. The van der Waals surface area contributed by atoms with Crippen LogP contribution in [0.5, 0.6) is 11.5 Å². The number of aliphatic hydroxyl groups is 1. The molecule has 1 aliphatic carbocycles. The molecule has 0 spiro atoms. The minimum atomic E-state index is -3.80. The Bertz CT molecular complexity index is 1310. The second kappa shape index (κ2) is 10.6. The van der Waals surface area contributed by atoms with E-state index < -0.39 is 28.9 Å². The van der Waals surface area contributed by atoms with Crippen molar-refractivity contribution in [2.24, 2.45) is 0 Å². The molecule has 1 saturated carbocycles. The summed E-state index contributed by atoms with van der Waals surface area (Å²) >= 11 is 0. The van der Waals surface area contributed by atoms with Crippen molar-refractivity contribution in [1.82, 2.24) is 9.97 Å². The van der Waals surface area contributed by atoms with Crippen LogP contribution in [-0.4, -0.2) is 46.6 Å². The molecule has 10 heteroatoms. The number of rotatable bonds is 11. The molecule has 0 unspecified atom stereocenters. The van der Waals surface area contributed by atoms with Crippen LogP contribution < -0.4 is 14.8 Å². The van der Waals surface area contributed by atoms with E-state index in [0.29, 0.717) is 46.8 Å². The third-order valence-corrected chi connectivity index (χ3v) is 6.47. The summed E-state index contributed by atoms with van der Waals surface area (Å²) < 4.78 is 62.4. The average Bonchev–Trinajstić information content (AvgIpc) is 3.66. The number of hydrogen-bond acceptors (Lipinski definition) is 7. The van der Waals surface area contributed by atoms with Gasteiger partial charge in [0, 0.05) is 17.0 Å². The first-order valence-electron chi connectivity index (χ1n) is 12.6. The van der Waals surface area contributed by atoms with Gasteiger partial charge in [-0.05, 0) is 59.6 Å². The number of benzene rings is 2. The van der Waals surface area contributed by atoms with Gasteiger partial charge in [-0.1, -0.05) is 12.1 Å². The summed E-state index contributed by atoms with van der Waals surface area (Å²) in [6.07, 6.45) is 2.19. The zero-order chi connectivity index (χ0) is 27.8. The number of halogens is 3. The van der Waals surface area contributed by atoms with Crippen LogP contribution in [-0.2, 0) is 10.7 Å². The molecule has 1 aliphatic rings. The van der Waals surface area contributed by atoms with Gasteiger partial charge in [-0.15, -0.1) is 0 Å². The normalized spacial score (nSPS) is 15.8. The first-order valence-corrected chi connectivity index (χ1v) is 12.6. The van der Waals surface area contributed by atoms with E-state index in [-0.39, 0.29) is 11.7 Å². The molecule has 2 N–H and O–H groups in total. The lowest BCUT2D eigenvalue weighted by Crippen LogP contribution is -2.41. The van der Waals surface area contributed by atoms with E-state index in [0.717, 1.165) is 32.8 Å². The number of alkyl halides is 2. The number of anilines is 1. The number of nitrogens with one attached hydrogen (secondary N) is 1. The van der Waals surface area contributed by atoms with E-state index in [1.165, 1.54) is 19.2 Å². The molecule has 3 aromatic rings. The molecular weight excluding hydrogens is 499 g/mol. The van der Waals surface area contributed by atoms with Gasteiger partial charge in [0.25, 0.3) is 0 Å². The van der Waals surface area contributed by atoms with Crippen LogP contribution in [0, 0.1) is 12.7 Å². The summed E-state index contributed by atoms with van der Waals surface area (Å²) in [6, 6.07) is 6.48. The summed E-state index contributed by atoms with van der Waals surface area (Å²) in [5.41, 5.74) is -2.74. The van der Waals surface area contributed by atoms with Crippen molar-refractivity contribution >= 4 is 16.7 Å². The summed E-state index contributed by atoms with van der Waals surface area (Å²) in [6.45, 7) is 7.59. The topological polar surface area (TPSA) is 85.7 Å². The number of nitrogens with zero attached hydrogens (tertiary/aromatic N) is 2. The Morgan fingerprint density at radius 2 is 1.84 bits per heavy atom. The molecule has 0 amide bonds. The molecule has 1 fully saturated rings. The molecule has 1 heterocycles. The van der Waals surface area contributed by atoms with Crippen molar-refractivity contribution in [2.45, 2.75) is 77.2 Å². The molecule has 7 nitrogen and oxygen atoms in total. The molecule has 206 valence electrons. The number of fused-ring (bicyclic) bond motifs is 1. The highest BCUT2D eigenvalue weighted by atomic mass is 19.3. The van der Waals surface area contributed by atoms with Crippen LogP contribution in [0.2, 0.25) is 0 Å². The van der Waals surface area contributed by atoms with Crippen molar-refractivity contribution in [1.29, 1.82) is 0 Å². The third kappa shape index (κ3) is 5.81. The zero-order valence-electron chi connectivity index (χ0n) is 22.4. The Balaban J connectivity index is 1.67. The highest BCUT2D eigenvalue weighted by molar-refractivity contribution is 5.92. The SMILES string of the molecule is COc1cc2nc(C)nc(N[C@H](C)c3cccc(C(F)(F)C(C)(C)O)c3F)c2cc1O[C@@H](C)COC1CC1. The van der Waals surface area contributed by atoms with Crippen LogP contribution in [0.1, 0.15) is 63.5 Å². The minimum absolute atomic E-state index is 0.00618. The largest absolute Gasteiger partial charge is 0.493 e. The van der Waals surface area contributed by atoms with Gasteiger partial charge >= 0.3 is 5.92 Å². The fourth-order valence-electron chi connectivity index (χ4n) is 4.11. The van der Waals surface area contributed by atoms with Gasteiger partial charge in [0.2, 0.25) is 0 Å². The number of aryl methyl sites for hydroxylation is 1. The first kappa shape index (κ1) is 27.9. The first-order chi connectivity index (χ1) is 17.8. The van der Waals surface area contributed by atoms with E-state index in [1.807, 2.05) is 6.92 Å². The molecule has 2 atom stereocenters. The zero-order valence-corrected chi connectivity index (χ0v) is 22.4. The Kier molecular flexibility index (Phi) is 7.76. The predicted octanol–water partition coefficient (Wildman–Crippen LogP) is 6.07. The van der Waals surface area contributed by atoms with Gasteiger partial charge < -0.3 is 24.6 Å². The van der Waals surface area contributed by atoms with Gasteiger partial charge in [0.15, 0.2) is 11.5 Å². The van der Waals surface area contributed by atoms with Crippen molar-refractivity contribution in [3.05, 3.63) is 53.1 Å². The second-order valence-electron chi connectivity index (χ2n) is 10.3. The van der Waals surface area contributed by atoms with Crippen molar-refractivity contribution in [3.8, 4) is 11.5 Å². The third-order valence-electron chi connectivity index (χ3n) is 6.47. The van der Waals surface area contributed by atoms with Gasteiger partial charge in [0.1, 0.15) is 29.2 Å². The van der Waals surface area contributed by atoms with Crippen LogP contribution >= 0.6 is 0 Å². The number of methoxy groups -OCH3 is 1. The van der Waals surface area contributed by atoms with Crippen LogP contribution in [0.15, 0.2) is 30.3 Å². The van der Waals surface area contributed by atoms with E-state index >= 15 is 4.39 Å². The number of hydrogen-bond donors (Lipinski definition) is 2. The molecular formula is C28H34F3N3O4. The molecule has 0 bridgehead atoms. The lowest BCUT2D eigenvalue weighted by atomic mass is 9.91. The molecule has 0 saturated heterocycles. The Hall–Kier alpha value is -3.11. The van der Waals surface area contributed by atoms with Gasteiger partial charge in [-0.2, -0.15) is 8.78 Å². The summed E-state index contributed by atoms with van der Waals surface area (Å²) in [5, 5.41) is 13.7. The fourth-order valence-corrected chi connectivity index (χ4v) is 4.11. The Morgan fingerprint density at radius 3 is 2.47 bits per heavy atom. The smallest absolute Gasteiger partial charge is 0.303 e. The highest BCUT2D eigenvalue weighted by Crippen LogP contribution is 2.42. The van der Waals surface area contributed by atoms with Crippen LogP contribution in [0.4, 0.5) is 19.0 Å². The van der Waals surface area contributed by atoms with Crippen molar-refractivity contribution in [3.63, 3.8) is 0 Å². The summed E-state index contributed by atoms with van der Waals surface area (Å²) in [4.78, 5) is 8.99. The van der Waals surface area contributed by atoms with Gasteiger partial charge in [-0.25, -0.2) is 14.4 Å². The second-order valence-corrected chi connectivity index (χ2v) is 10.3. The fraction of sp³-hybridized carbons (Fsp3) is 0.500. The van der Waals surface area contributed by atoms with Gasteiger partial charge in [0.05, 0.1) is 36.9 Å². The standard InChI is InChI=1S/C28H34F3N3O4/c1-15(14-37-18-10-11-18)38-24-12-20-22(13-23(24)36-6)33-17(3)34-26(20)32-16(2)19-8-7-9-21(25(19)29)28(30,31)27(4,5)35/h7-9,12-13,15-16,18,35H,10-11,14H2,1-6H3,(H,32,33,34)/t15-,16+/m0/s1. The maximum absolute atomic E-state index is 15.4. The van der Waals surface area contributed by atoms with E-state index in [2.05, 4.69) is 15.3 Å². The molecule has 4 rings (SSSR count). The Morgan fingerprint density at radius 1 is 1.13 bits per heavy atom. The Labute approximate surface area is 220 Å². The maximum Gasteiger partial charge on any atom is 0.303 e. The number of ether oxygens (including phenoxy) is 3. The van der Waals surface area contributed by atoms with Crippen molar-refractivity contribution in [2.75, 3.05) is 19.0 Å². The maximum atomic E-state index is 15.4. The van der Waals surface area contributed by atoms with E-state index in [1.54, 1.807) is 26.0 Å². The summed E-state index contributed by atoms with van der Waals surface area (Å²) in [7, 11) is 1.54. The average molecular weight is 534 g/mol. The van der Waals surface area contributed by atoms with Crippen LogP contribution in [0.3, 0.4) is 0 Å². The highest BCUT2D eigenvalue weighted by Gasteiger charge is 2.49. The quantitative estimate of drug-likeness (QED) is 0.310. The van der Waals surface area contributed by atoms with Crippen LogP contribution in [0.25, 0.3) is 10.9 Å². The lowest BCUT2D eigenvalue weighted by molar-refractivity contribution is -0.170.